The number of carbonyl (C=O) groups is 3. The Kier molecular flexibility index (Phi) is 11.9. The average Bonchev–Trinajstić information content (AvgIpc) is 3.55. The molecule has 7 rings (SSSR count). The second kappa shape index (κ2) is 15.9. The van der Waals surface area contributed by atoms with Crippen molar-refractivity contribution < 1.29 is 29.3 Å². The van der Waals surface area contributed by atoms with Crippen molar-refractivity contribution in [3.05, 3.63) is 59.3 Å². The lowest BCUT2D eigenvalue weighted by molar-refractivity contribution is -0.163. The number of halogens is 1. The number of benzene rings is 2. The first-order chi connectivity index (χ1) is 24.4. The zero-order chi connectivity index (χ0) is 36.6. The third-order valence-electron chi connectivity index (χ3n) is 11.9. The van der Waals surface area contributed by atoms with Crippen molar-refractivity contribution in [3.63, 3.8) is 0 Å². The van der Waals surface area contributed by atoms with Crippen LogP contribution in [-0.4, -0.2) is 93.5 Å². The number of phenolic OH excluding ortho intramolecular Hbond substituents is 1. The van der Waals surface area contributed by atoms with Gasteiger partial charge in [-0.1, -0.05) is 33.8 Å². The molecule has 0 spiro atoms. The van der Waals surface area contributed by atoms with E-state index >= 15 is 0 Å². The number of hydrogen-bond donors (Lipinski definition) is 3. The van der Waals surface area contributed by atoms with Crippen molar-refractivity contribution in [1.29, 1.82) is 0 Å². The second-order valence-corrected chi connectivity index (χ2v) is 15.1. The van der Waals surface area contributed by atoms with Gasteiger partial charge in [-0.3, -0.25) is 9.59 Å². The van der Waals surface area contributed by atoms with E-state index in [0.29, 0.717) is 46.6 Å². The quantitative estimate of drug-likeness (QED) is 0.168. The Morgan fingerprint density at radius 1 is 1.00 bits per heavy atom. The van der Waals surface area contributed by atoms with E-state index < -0.39 is 17.4 Å². The standard InChI is InChI=1S/C40H53N5O6.ClH/c1-7-44(8-2)16-10-15-43(5)38(48)27-13-14-32(30(22-27)24(3)4)45-33(36-34(46)11-9-12-35(36)51-6)23-31(42-45)37(47)41-40(39(49)50)28-18-25-17-26(20-28)21-29(40)19-25;/h9,11-14,22-26,28-29,46H,7-8,10,15-21H2,1-6H3,(H,41,47)(H,49,50);1H. The molecule has 2 amide bonds. The van der Waals surface area contributed by atoms with Gasteiger partial charge in [-0.05, 0) is 130 Å². The number of rotatable bonds is 14. The number of nitrogens with one attached hydrogen (secondary N) is 1. The fourth-order valence-corrected chi connectivity index (χ4v) is 9.32. The van der Waals surface area contributed by atoms with E-state index in [-0.39, 0.29) is 47.5 Å². The SMILES string of the molecule is CCN(CC)CCCN(C)C(=O)c1ccc(-n2nc(C(=O)NC3(C(=O)O)C4CC5CC(C4)CC3C5)cc2-c2c(O)cccc2OC)c(C(C)C)c1.Cl. The minimum Gasteiger partial charge on any atom is -0.507 e. The fourth-order valence-electron chi connectivity index (χ4n) is 9.32. The Labute approximate surface area is 313 Å². The van der Waals surface area contributed by atoms with Gasteiger partial charge in [0.15, 0.2) is 5.69 Å². The van der Waals surface area contributed by atoms with E-state index in [2.05, 4.69) is 24.1 Å². The highest BCUT2D eigenvalue weighted by atomic mass is 35.5. The molecule has 12 heteroatoms. The minimum absolute atomic E-state index is 0. The number of aliphatic carboxylic acids is 1. The number of aromatic hydroxyl groups is 1. The molecule has 4 fully saturated rings. The summed E-state index contributed by atoms with van der Waals surface area (Å²) in [6.45, 7) is 11.8. The Hall–Kier alpha value is -4.09. The number of methoxy groups -OCH3 is 1. The number of nitrogens with zero attached hydrogens (tertiary/aromatic N) is 4. The van der Waals surface area contributed by atoms with Crippen LogP contribution in [0.25, 0.3) is 16.9 Å². The highest BCUT2D eigenvalue weighted by Gasteiger charge is 2.62. The van der Waals surface area contributed by atoms with Gasteiger partial charge >= 0.3 is 5.97 Å². The van der Waals surface area contributed by atoms with E-state index in [1.165, 1.54) is 7.11 Å². The molecule has 4 aliphatic carbocycles. The summed E-state index contributed by atoms with van der Waals surface area (Å²) in [5.74, 6) is -0.544. The normalized spacial score (nSPS) is 23.1. The van der Waals surface area contributed by atoms with Gasteiger partial charge in [0, 0.05) is 19.2 Å². The minimum atomic E-state index is -1.34. The molecule has 4 aliphatic rings. The molecule has 0 atom stereocenters. The van der Waals surface area contributed by atoms with Crippen molar-refractivity contribution in [2.45, 2.75) is 77.7 Å². The molecule has 0 radical (unpaired) electrons. The highest BCUT2D eigenvalue weighted by Crippen LogP contribution is 2.58. The van der Waals surface area contributed by atoms with Crippen LogP contribution in [0.3, 0.4) is 0 Å². The van der Waals surface area contributed by atoms with Crippen LogP contribution in [0, 0.1) is 23.7 Å². The van der Waals surface area contributed by atoms with Crippen molar-refractivity contribution in [2.24, 2.45) is 23.7 Å². The molecular weight excluding hydrogens is 682 g/mol. The first-order valence-electron chi connectivity index (χ1n) is 18.6. The molecule has 52 heavy (non-hydrogen) atoms. The van der Waals surface area contributed by atoms with Crippen LogP contribution in [0.15, 0.2) is 42.5 Å². The van der Waals surface area contributed by atoms with Crippen molar-refractivity contribution in [1.82, 2.24) is 24.9 Å². The van der Waals surface area contributed by atoms with Crippen LogP contribution >= 0.6 is 12.4 Å². The van der Waals surface area contributed by atoms with Crippen molar-refractivity contribution in [2.75, 3.05) is 40.3 Å². The Balaban J connectivity index is 0.00000523. The molecule has 282 valence electrons. The van der Waals surface area contributed by atoms with Crippen LogP contribution in [0.4, 0.5) is 0 Å². The Morgan fingerprint density at radius 3 is 2.23 bits per heavy atom. The zero-order valence-electron chi connectivity index (χ0n) is 31.2. The largest absolute Gasteiger partial charge is 0.507 e. The van der Waals surface area contributed by atoms with E-state index in [1.54, 1.807) is 39.9 Å². The fraction of sp³-hybridized carbons (Fsp3) is 0.550. The number of hydrogen-bond acceptors (Lipinski definition) is 7. The molecule has 3 N–H and O–H groups in total. The number of amides is 2. The summed E-state index contributed by atoms with van der Waals surface area (Å²) in [6, 6.07) is 12.0. The molecule has 1 heterocycles. The maximum atomic E-state index is 14.2. The summed E-state index contributed by atoms with van der Waals surface area (Å²) in [6.07, 6.45) is 5.26. The smallest absolute Gasteiger partial charge is 0.330 e. The van der Waals surface area contributed by atoms with Crippen LogP contribution in [0.1, 0.15) is 98.5 Å². The van der Waals surface area contributed by atoms with Gasteiger partial charge in [0.1, 0.15) is 17.0 Å². The molecule has 3 aromatic rings. The van der Waals surface area contributed by atoms with Crippen molar-refractivity contribution >= 4 is 30.2 Å². The topological polar surface area (TPSA) is 137 Å². The summed E-state index contributed by atoms with van der Waals surface area (Å²) in [7, 11) is 3.33. The van der Waals surface area contributed by atoms with E-state index in [0.717, 1.165) is 63.7 Å². The number of phenols is 1. The number of carbonyl (C=O) groups excluding carboxylic acids is 2. The predicted molar refractivity (Wildman–Crippen MR) is 203 cm³/mol. The molecule has 4 saturated carbocycles. The third-order valence-corrected chi connectivity index (χ3v) is 11.9. The second-order valence-electron chi connectivity index (χ2n) is 15.1. The summed E-state index contributed by atoms with van der Waals surface area (Å²) in [4.78, 5) is 45.0. The maximum Gasteiger partial charge on any atom is 0.330 e. The zero-order valence-corrected chi connectivity index (χ0v) is 32.0. The van der Waals surface area contributed by atoms with Gasteiger partial charge in [-0.15, -0.1) is 12.4 Å². The number of aromatic nitrogens is 2. The van der Waals surface area contributed by atoms with Gasteiger partial charge in [0.05, 0.1) is 24.1 Å². The molecule has 0 saturated heterocycles. The summed E-state index contributed by atoms with van der Waals surface area (Å²) >= 11 is 0. The molecule has 0 unspecified atom stereocenters. The molecule has 4 bridgehead atoms. The van der Waals surface area contributed by atoms with E-state index in [1.807, 2.05) is 33.0 Å². The van der Waals surface area contributed by atoms with Crippen LogP contribution < -0.4 is 10.1 Å². The van der Waals surface area contributed by atoms with Gasteiger partial charge in [0.25, 0.3) is 11.8 Å². The monoisotopic (exact) mass is 735 g/mol. The maximum absolute atomic E-state index is 14.2. The summed E-state index contributed by atoms with van der Waals surface area (Å²) in [5.41, 5.74) is 1.44. The lowest BCUT2D eigenvalue weighted by Crippen LogP contribution is -2.70. The first-order valence-corrected chi connectivity index (χ1v) is 18.6. The number of ether oxygens (including phenoxy) is 1. The van der Waals surface area contributed by atoms with Crippen LogP contribution in [-0.2, 0) is 4.79 Å². The van der Waals surface area contributed by atoms with Crippen LogP contribution in [0.5, 0.6) is 11.5 Å². The van der Waals surface area contributed by atoms with Crippen LogP contribution in [0.2, 0.25) is 0 Å². The molecule has 11 nitrogen and oxygen atoms in total. The number of carboxylic acid groups (broad SMARTS) is 1. The molecule has 2 aromatic carbocycles. The van der Waals surface area contributed by atoms with Gasteiger partial charge in [0.2, 0.25) is 0 Å². The van der Waals surface area contributed by atoms with Gasteiger partial charge < -0.3 is 30.1 Å². The highest BCUT2D eigenvalue weighted by molar-refractivity contribution is 5.98. The first kappa shape index (κ1) is 39.1. The van der Waals surface area contributed by atoms with Crippen molar-refractivity contribution in [3.8, 4) is 28.4 Å². The van der Waals surface area contributed by atoms with E-state index in [9.17, 15) is 24.6 Å². The van der Waals surface area contributed by atoms with Gasteiger partial charge in [-0.2, -0.15) is 5.10 Å². The average molecular weight is 736 g/mol. The predicted octanol–water partition coefficient (Wildman–Crippen LogP) is 6.61. The summed E-state index contributed by atoms with van der Waals surface area (Å²) in [5, 5.41) is 29.7. The third kappa shape index (κ3) is 7.14. The molecular formula is C40H54ClN5O6. The Morgan fingerprint density at radius 2 is 1.65 bits per heavy atom. The molecule has 0 aliphatic heterocycles. The lowest BCUT2D eigenvalue weighted by Gasteiger charge is -2.59. The van der Waals surface area contributed by atoms with E-state index in [4.69, 9.17) is 9.84 Å². The molecule has 1 aromatic heterocycles. The number of carboxylic acids is 1. The Bertz CT molecular complexity index is 1760. The van der Waals surface area contributed by atoms with Gasteiger partial charge in [-0.25, -0.2) is 9.48 Å². The summed E-state index contributed by atoms with van der Waals surface area (Å²) < 4.78 is 7.26. The lowest BCUT2D eigenvalue weighted by atomic mass is 9.48.